The Hall–Kier alpha value is -2.80. The van der Waals surface area contributed by atoms with Gasteiger partial charge in [0.15, 0.2) is 5.96 Å². The molecule has 1 aliphatic heterocycles. The predicted molar refractivity (Wildman–Crippen MR) is 116 cm³/mol. The molecule has 3 rings (SSSR count). The fourth-order valence-corrected chi connectivity index (χ4v) is 3.87. The Morgan fingerprint density at radius 1 is 1.24 bits per heavy atom. The molecule has 0 fully saturated rings. The third-order valence-corrected chi connectivity index (χ3v) is 5.43. The van der Waals surface area contributed by atoms with Gasteiger partial charge in [0, 0.05) is 38.2 Å². The summed E-state index contributed by atoms with van der Waals surface area (Å²) < 4.78 is 5.67. The maximum Gasteiger partial charge on any atom is 0.225 e. The van der Waals surface area contributed by atoms with Gasteiger partial charge in [0.1, 0.15) is 5.76 Å². The van der Waals surface area contributed by atoms with E-state index in [1.807, 2.05) is 30.3 Å². The normalized spacial score (nSPS) is 17.6. The molecule has 0 bridgehead atoms. The summed E-state index contributed by atoms with van der Waals surface area (Å²) >= 11 is 0. The van der Waals surface area contributed by atoms with Gasteiger partial charge in [0.05, 0.1) is 12.3 Å². The lowest BCUT2D eigenvalue weighted by atomic mass is 9.90. The third kappa shape index (κ3) is 5.17. The van der Waals surface area contributed by atoms with E-state index < -0.39 is 0 Å². The molecule has 1 aliphatic rings. The quantitative estimate of drug-likeness (QED) is 0.471. The smallest absolute Gasteiger partial charge is 0.225 e. The molecule has 7 nitrogen and oxygen atoms in total. The van der Waals surface area contributed by atoms with Crippen LogP contribution in [-0.4, -0.2) is 50.0 Å². The number of nitrogens with zero attached hydrogens (tertiary/aromatic N) is 2. The Morgan fingerprint density at radius 2 is 2.03 bits per heavy atom. The number of aliphatic imine (C=N–C) groups is 1. The highest BCUT2D eigenvalue weighted by atomic mass is 16.3. The minimum absolute atomic E-state index is 0.0536. The average molecular weight is 398 g/mol. The van der Waals surface area contributed by atoms with E-state index in [1.54, 1.807) is 13.3 Å². The number of furan rings is 1. The van der Waals surface area contributed by atoms with Gasteiger partial charge < -0.3 is 20.4 Å². The van der Waals surface area contributed by atoms with E-state index in [0.717, 1.165) is 36.1 Å². The summed E-state index contributed by atoms with van der Waals surface area (Å²) in [4.78, 5) is 18.7. The van der Waals surface area contributed by atoms with Crippen LogP contribution in [0.1, 0.15) is 43.6 Å². The number of guanidine groups is 1. The Morgan fingerprint density at radius 3 is 2.72 bits per heavy atom. The zero-order chi connectivity index (χ0) is 20.6. The summed E-state index contributed by atoms with van der Waals surface area (Å²) in [5.41, 5.74) is 2.06. The van der Waals surface area contributed by atoms with Crippen LogP contribution >= 0.6 is 0 Å². The summed E-state index contributed by atoms with van der Waals surface area (Å²) in [6, 6.07) is 12.0. The van der Waals surface area contributed by atoms with Crippen molar-refractivity contribution in [1.29, 1.82) is 0 Å². The van der Waals surface area contributed by atoms with E-state index in [2.05, 4.69) is 45.8 Å². The van der Waals surface area contributed by atoms with Crippen molar-refractivity contribution in [2.45, 2.75) is 32.2 Å². The minimum Gasteiger partial charge on any atom is -0.468 e. The Labute approximate surface area is 172 Å². The van der Waals surface area contributed by atoms with Crippen molar-refractivity contribution in [3.63, 3.8) is 0 Å². The second-order valence-electron chi connectivity index (χ2n) is 7.12. The van der Waals surface area contributed by atoms with Crippen LogP contribution in [0, 0.1) is 0 Å². The molecule has 0 radical (unpaired) electrons. The van der Waals surface area contributed by atoms with E-state index in [4.69, 9.17) is 4.42 Å². The van der Waals surface area contributed by atoms with Crippen LogP contribution in [0.4, 0.5) is 5.69 Å². The van der Waals surface area contributed by atoms with Crippen molar-refractivity contribution in [3.8, 4) is 0 Å². The molecular weight excluding hydrogens is 366 g/mol. The van der Waals surface area contributed by atoms with Crippen molar-refractivity contribution in [3.05, 3.63) is 54.0 Å². The molecule has 0 spiro atoms. The number of benzene rings is 1. The van der Waals surface area contributed by atoms with Crippen LogP contribution in [0.15, 0.2) is 52.1 Å². The number of rotatable bonds is 8. The summed E-state index contributed by atoms with van der Waals surface area (Å²) in [6.45, 7) is 7.49. The first-order valence-electron chi connectivity index (χ1n) is 10.3. The fraction of sp³-hybridized carbons (Fsp3) is 0.455. The molecule has 1 amide bonds. The van der Waals surface area contributed by atoms with Crippen molar-refractivity contribution in [2.24, 2.45) is 4.99 Å². The molecule has 2 unspecified atom stereocenters. The van der Waals surface area contributed by atoms with Gasteiger partial charge in [0.2, 0.25) is 5.91 Å². The molecule has 1 aromatic heterocycles. The van der Waals surface area contributed by atoms with Crippen molar-refractivity contribution >= 4 is 17.6 Å². The molecule has 2 heterocycles. The second kappa shape index (κ2) is 10.1. The first-order valence-corrected chi connectivity index (χ1v) is 10.3. The zero-order valence-electron chi connectivity index (χ0n) is 17.4. The van der Waals surface area contributed by atoms with Gasteiger partial charge in [-0.2, -0.15) is 0 Å². The topological polar surface area (TPSA) is 81.9 Å². The first kappa shape index (κ1) is 20.9. The summed E-state index contributed by atoms with van der Waals surface area (Å²) in [5.74, 6) is 1.83. The molecule has 7 heteroatoms. The molecule has 29 heavy (non-hydrogen) atoms. The van der Waals surface area contributed by atoms with Gasteiger partial charge in [-0.1, -0.05) is 32.0 Å². The number of para-hydroxylation sites is 1. The Balaban J connectivity index is 1.61. The van der Waals surface area contributed by atoms with Gasteiger partial charge in [-0.15, -0.1) is 0 Å². The third-order valence-electron chi connectivity index (χ3n) is 5.43. The summed E-state index contributed by atoms with van der Waals surface area (Å²) in [6.07, 6.45) is 2.18. The highest BCUT2D eigenvalue weighted by molar-refractivity contribution is 5.94. The number of likely N-dealkylation sites (N-methyl/N-ethyl adjacent to an activating group) is 1. The van der Waals surface area contributed by atoms with Crippen LogP contribution in [0.25, 0.3) is 0 Å². The number of hydrogen-bond acceptors (Lipinski definition) is 4. The van der Waals surface area contributed by atoms with Crippen molar-refractivity contribution in [1.82, 2.24) is 15.5 Å². The minimum atomic E-state index is 0.0536. The molecule has 0 saturated carbocycles. The van der Waals surface area contributed by atoms with Crippen LogP contribution in [0.5, 0.6) is 0 Å². The number of nitrogens with one attached hydrogen (secondary N) is 3. The lowest BCUT2D eigenvalue weighted by molar-refractivity contribution is -0.116. The van der Waals surface area contributed by atoms with Gasteiger partial charge in [-0.25, -0.2) is 0 Å². The maximum atomic E-state index is 12.0. The molecule has 0 saturated heterocycles. The average Bonchev–Trinajstić information content (AvgIpc) is 3.27. The van der Waals surface area contributed by atoms with Gasteiger partial charge in [-0.05, 0) is 36.9 Å². The van der Waals surface area contributed by atoms with Crippen LogP contribution in [0.2, 0.25) is 0 Å². The lowest BCUT2D eigenvalue weighted by Crippen LogP contribution is -2.44. The first-order chi connectivity index (χ1) is 14.2. The summed E-state index contributed by atoms with van der Waals surface area (Å²) in [5, 5.41) is 9.75. The molecule has 2 aromatic rings. The molecule has 0 aliphatic carbocycles. The van der Waals surface area contributed by atoms with Crippen LogP contribution in [0.3, 0.4) is 0 Å². The van der Waals surface area contributed by atoms with Crippen molar-refractivity contribution < 1.29 is 9.21 Å². The highest BCUT2D eigenvalue weighted by Crippen LogP contribution is 2.31. The van der Waals surface area contributed by atoms with E-state index in [9.17, 15) is 4.79 Å². The Bertz CT molecular complexity index is 814. The number of carbonyl (C=O) groups is 1. The SMILES string of the molecule is CCN(CC)C(CNC(=NC)NCC1CC(=O)Nc2ccccc21)c1ccco1. The number of fused-ring (bicyclic) bond motifs is 1. The largest absolute Gasteiger partial charge is 0.468 e. The number of anilines is 1. The molecule has 1 aromatic carbocycles. The second-order valence-corrected chi connectivity index (χ2v) is 7.12. The van der Waals surface area contributed by atoms with Gasteiger partial charge >= 0.3 is 0 Å². The van der Waals surface area contributed by atoms with E-state index in [1.165, 1.54) is 0 Å². The molecule has 2 atom stereocenters. The monoisotopic (exact) mass is 397 g/mol. The number of hydrogen-bond donors (Lipinski definition) is 3. The zero-order valence-corrected chi connectivity index (χ0v) is 17.4. The van der Waals surface area contributed by atoms with Crippen LogP contribution < -0.4 is 16.0 Å². The maximum absolute atomic E-state index is 12.0. The number of amides is 1. The van der Waals surface area contributed by atoms with Gasteiger partial charge in [-0.3, -0.25) is 14.7 Å². The Kier molecular flexibility index (Phi) is 7.30. The molecule has 3 N–H and O–H groups in total. The van der Waals surface area contributed by atoms with E-state index in [-0.39, 0.29) is 17.9 Å². The number of carbonyl (C=O) groups excluding carboxylic acids is 1. The molecular formula is C22H31N5O2. The highest BCUT2D eigenvalue weighted by Gasteiger charge is 2.25. The lowest BCUT2D eigenvalue weighted by Gasteiger charge is -2.29. The predicted octanol–water partition coefficient (Wildman–Crippen LogP) is 2.95. The van der Waals surface area contributed by atoms with Crippen molar-refractivity contribution in [2.75, 3.05) is 38.5 Å². The van der Waals surface area contributed by atoms with Crippen LogP contribution in [-0.2, 0) is 4.79 Å². The van der Waals surface area contributed by atoms with E-state index in [0.29, 0.717) is 19.5 Å². The standard InChI is InChI=1S/C22H31N5O2/c1-4-27(5-2)19(20-11-8-12-29-20)15-25-22(23-3)24-14-16-13-21(28)26-18-10-7-6-9-17(16)18/h6-12,16,19H,4-5,13-15H2,1-3H3,(H,26,28)(H2,23,24,25). The van der Waals surface area contributed by atoms with Gasteiger partial charge in [0.25, 0.3) is 0 Å². The summed E-state index contributed by atoms with van der Waals surface area (Å²) in [7, 11) is 1.76. The fourth-order valence-electron chi connectivity index (χ4n) is 3.87. The molecule has 156 valence electrons. The van der Waals surface area contributed by atoms with E-state index >= 15 is 0 Å².